The maximum absolute atomic E-state index is 12.1. The number of benzene rings is 2. The van der Waals surface area contributed by atoms with E-state index in [9.17, 15) is 13.6 Å². The highest BCUT2D eigenvalue weighted by Gasteiger charge is 2.10. The van der Waals surface area contributed by atoms with Gasteiger partial charge in [0.2, 0.25) is 5.91 Å². The molecule has 0 saturated carbocycles. The van der Waals surface area contributed by atoms with Crippen LogP contribution in [0.25, 0.3) is 0 Å². The van der Waals surface area contributed by atoms with Crippen molar-refractivity contribution in [2.45, 2.75) is 6.61 Å². The molecule has 0 aliphatic rings. The molecule has 23 heavy (non-hydrogen) atoms. The minimum Gasteiger partial charge on any atom is -0.433 e. The SMILES string of the molecule is O=C(CNc1ccc(OC(F)F)c(Cl)c1)Nc1ccccc1Br. The fourth-order valence-corrected chi connectivity index (χ4v) is 2.35. The topological polar surface area (TPSA) is 50.4 Å². The van der Waals surface area contributed by atoms with Gasteiger partial charge in [-0.25, -0.2) is 0 Å². The van der Waals surface area contributed by atoms with Gasteiger partial charge in [0, 0.05) is 10.2 Å². The molecule has 2 aromatic carbocycles. The summed E-state index contributed by atoms with van der Waals surface area (Å²) in [5.41, 5.74) is 1.16. The van der Waals surface area contributed by atoms with Gasteiger partial charge in [0.05, 0.1) is 17.3 Å². The van der Waals surface area contributed by atoms with Crippen LogP contribution in [0.4, 0.5) is 20.2 Å². The monoisotopic (exact) mass is 404 g/mol. The van der Waals surface area contributed by atoms with Crippen molar-refractivity contribution in [1.82, 2.24) is 0 Å². The Balaban J connectivity index is 1.92. The van der Waals surface area contributed by atoms with Crippen LogP contribution in [-0.2, 0) is 4.79 Å². The lowest BCUT2D eigenvalue weighted by atomic mass is 10.3. The molecule has 2 aromatic rings. The van der Waals surface area contributed by atoms with Crippen LogP contribution in [0, 0.1) is 0 Å². The number of alkyl halides is 2. The Morgan fingerprint density at radius 3 is 2.65 bits per heavy atom. The van der Waals surface area contributed by atoms with Crippen LogP contribution in [-0.4, -0.2) is 19.1 Å². The zero-order chi connectivity index (χ0) is 16.8. The van der Waals surface area contributed by atoms with E-state index in [2.05, 4.69) is 31.3 Å². The largest absolute Gasteiger partial charge is 0.433 e. The third kappa shape index (κ3) is 5.37. The van der Waals surface area contributed by atoms with Gasteiger partial charge in [0.1, 0.15) is 5.75 Å². The molecular formula is C15H12BrClF2N2O2. The van der Waals surface area contributed by atoms with Crippen LogP contribution < -0.4 is 15.4 Å². The first-order chi connectivity index (χ1) is 11.0. The number of nitrogens with one attached hydrogen (secondary N) is 2. The highest BCUT2D eigenvalue weighted by molar-refractivity contribution is 9.10. The van der Waals surface area contributed by atoms with Gasteiger partial charge in [0.15, 0.2) is 0 Å². The number of hydrogen-bond donors (Lipinski definition) is 2. The average molecular weight is 406 g/mol. The van der Waals surface area contributed by atoms with Gasteiger partial charge >= 0.3 is 6.61 Å². The Bertz CT molecular complexity index is 701. The smallest absolute Gasteiger partial charge is 0.387 e. The fraction of sp³-hybridized carbons (Fsp3) is 0.133. The number of anilines is 2. The lowest BCUT2D eigenvalue weighted by molar-refractivity contribution is -0.114. The Labute approximate surface area is 144 Å². The van der Waals surface area contributed by atoms with Crippen molar-refractivity contribution < 1.29 is 18.3 Å². The summed E-state index contributed by atoms with van der Waals surface area (Å²) in [4.78, 5) is 11.9. The Kier molecular flexibility index (Phi) is 6.18. The molecule has 2 N–H and O–H groups in total. The zero-order valence-electron chi connectivity index (χ0n) is 11.7. The number of ether oxygens (including phenoxy) is 1. The second-order valence-electron chi connectivity index (χ2n) is 4.41. The normalized spacial score (nSPS) is 10.5. The van der Waals surface area contributed by atoms with E-state index in [-0.39, 0.29) is 23.2 Å². The van der Waals surface area contributed by atoms with Crippen LogP contribution in [0.1, 0.15) is 0 Å². The molecule has 0 unspecified atom stereocenters. The minimum absolute atomic E-state index is 0.00723. The molecule has 0 bridgehead atoms. The minimum atomic E-state index is -2.94. The maximum Gasteiger partial charge on any atom is 0.387 e. The van der Waals surface area contributed by atoms with Gasteiger partial charge in [-0.1, -0.05) is 23.7 Å². The van der Waals surface area contributed by atoms with Crippen molar-refractivity contribution in [1.29, 1.82) is 0 Å². The van der Waals surface area contributed by atoms with Gasteiger partial charge in [-0.05, 0) is 46.3 Å². The van der Waals surface area contributed by atoms with Crippen LogP contribution in [0.2, 0.25) is 5.02 Å². The molecule has 0 spiro atoms. The number of carbonyl (C=O) groups excluding carboxylic acids is 1. The number of amides is 1. The molecule has 0 heterocycles. The first-order valence-corrected chi connectivity index (χ1v) is 7.65. The van der Waals surface area contributed by atoms with E-state index in [1.807, 2.05) is 12.1 Å². The summed E-state index contributed by atoms with van der Waals surface area (Å²) in [5, 5.41) is 5.61. The van der Waals surface area contributed by atoms with E-state index in [0.717, 1.165) is 4.47 Å². The quantitative estimate of drug-likeness (QED) is 0.729. The van der Waals surface area contributed by atoms with Gasteiger partial charge in [-0.3, -0.25) is 4.79 Å². The summed E-state index contributed by atoms with van der Waals surface area (Å²) in [6.07, 6.45) is 0. The van der Waals surface area contributed by atoms with Gasteiger partial charge in [-0.2, -0.15) is 8.78 Å². The molecule has 4 nitrogen and oxygen atoms in total. The summed E-state index contributed by atoms with van der Waals surface area (Å²) in [6.45, 7) is -2.95. The standard InChI is InChI=1S/C15H12BrClF2N2O2/c16-10-3-1-2-4-12(10)21-14(22)8-20-9-5-6-13(11(17)7-9)23-15(18)19/h1-7,15,20H,8H2,(H,21,22). The first kappa shape index (κ1) is 17.5. The predicted octanol–water partition coefficient (Wildman–Crippen LogP) is 4.75. The van der Waals surface area contributed by atoms with E-state index in [1.54, 1.807) is 12.1 Å². The Morgan fingerprint density at radius 1 is 1.26 bits per heavy atom. The molecule has 0 aliphatic carbocycles. The number of rotatable bonds is 6. The second kappa shape index (κ2) is 8.12. The number of para-hydroxylation sites is 1. The summed E-state index contributed by atoms with van der Waals surface area (Å²) in [6, 6.07) is 11.4. The van der Waals surface area contributed by atoms with Crippen molar-refractivity contribution in [3.63, 3.8) is 0 Å². The van der Waals surface area contributed by atoms with Crippen molar-refractivity contribution in [2.24, 2.45) is 0 Å². The molecule has 2 rings (SSSR count). The summed E-state index contributed by atoms with van der Waals surface area (Å²) in [7, 11) is 0. The maximum atomic E-state index is 12.1. The van der Waals surface area contributed by atoms with Gasteiger partial charge < -0.3 is 15.4 Å². The summed E-state index contributed by atoms with van der Waals surface area (Å²) >= 11 is 9.16. The lowest BCUT2D eigenvalue weighted by Gasteiger charge is -2.11. The van der Waals surface area contributed by atoms with Crippen molar-refractivity contribution in [3.05, 3.63) is 52.0 Å². The van der Waals surface area contributed by atoms with Crippen LogP contribution in [0.5, 0.6) is 5.75 Å². The van der Waals surface area contributed by atoms with Crippen molar-refractivity contribution >= 4 is 44.8 Å². The molecule has 0 radical (unpaired) electrons. The number of carbonyl (C=O) groups is 1. The average Bonchev–Trinajstić information content (AvgIpc) is 2.49. The Morgan fingerprint density at radius 2 is 2.00 bits per heavy atom. The van der Waals surface area contributed by atoms with Crippen molar-refractivity contribution in [3.8, 4) is 5.75 Å². The van der Waals surface area contributed by atoms with Gasteiger partial charge in [0.25, 0.3) is 0 Å². The molecule has 8 heteroatoms. The zero-order valence-corrected chi connectivity index (χ0v) is 14.0. The molecule has 122 valence electrons. The third-order valence-electron chi connectivity index (χ3n) is 2.75. The van der Waals surface area contributed by atoms with Gasteiger partial charge in [-0.15, -0.1) is 0 Å². The highest BCUT2D eigenvalue weighted by Crippen LogP contribution is 2.29. The van der Waals surface area contributed by atoms with Crippen LogP contribution in [0.3, 0.4) is 0 Å². The van der Waals surface area contributed by atoms with E-state index in [1.165, 1.54) is 18.2 Å². The Hall–Kier alpha value is -1.86. The van der Waals surface area contributed by atoms with E-state index < -0.39 is 6.61 Å². The molecular weight excluding hydrogens is 394 g/mol. The van der Waals surface area contributed by atoms with Crippen LogP contribution >= 0.6 is 27.5 Å². The molecule has 0 aliphatic heterocycles. The van der Waals surface area contributed by atoms with E-state index >= 15 is 0 Å². The van der Waals surface area contributed by atoms with Crippen molar-refractivity contribution in [2.75, 3.05) is 17.2 Å². The number of halogens is 4. The van der Waals surface area contributed by atoms with Crippen LogP contribution in [0.15, 0.2) is 46.9 Å². The number of hydrogen-bond acceptors (Lipinski definition) is 3. The fourth-order valence-electron chi connectivity index (χ4n) is 1.74. The highest BCUT2D eigenvalue weighted by atomic mass is 79.9. The van der Waals surface area contributed by atoms with E-state index in [4.69, 9.17) is 11.6 Å². The summed E-state index contributed by atoms with van der Waals surface area (Å²) < 4.78 is 29.3. The molecule has 0 fully saturated rings. The molecule has 0 saturated heterocycles. The predicted molar refractivity (Wildman–Crippen MR) is 89.3 cm³/mol. The third-order valence-corrected chi connectivity index (χ3v) is 3.74. The molecule has 0 atom stereocenters. The second-order valence-corrected chi connectivity index (χ2v) is 5.67. The summed E-state index contributed by atoms with van der Waals surface area (Å²) in [5.74, 6) is -0.384. The lowest BCUT2D eigenvalue weighted by Crippen LogP contribution is -2.21. The molecule has 0 aromatic heterocycles. The van der Waals surface area contributed by atoms with E-state index in [0.29, 0.717) is 11.4 Å². The molecule has 1 amide bonds. The first-order valence-electron chi connectivity index (χ1n) is 6.48.